The van der Waals surface area contributed by atoms with Crippen molar-refractivity contribution < 1.29 is 8.42 Å². The Morgan fingerprint density at radius 2 is 1.81 bits per heavy atom. The lowest BCUT2D eigenvalue weighted by Crippen LogP contribution is -2.55. The van der Waals surface area contributed by atoms with Gasteiger partial charge in [0.1, 0.15) is 0 Å². The summed E-state index contributed by atoms with van der Waals surface area (Å²) in [7, 11) is -3.17. The third-order valence-electron chi connectivity index (χ3n) is 4.44. The molecule has 5 heteroatoms. The summed E-state index contributed by atoms with van der Waals surface area (Å²) in [5, 5.41) is 0. The second-order valence-corrected chi connectivity index (χ2v) is 7.87. The molecule has 2 N–H and O–H groups in total. The molecule has 0 spiro atoms. The monoisotopic (exact) mass is 310 g/mol. The van der Waals surface area contributed by atoms with E-state index >= 15 is 0 Å². The van der Waals surface area contributed by atoms with Gasteiger partial charge in [-0.3, -0.25) is 4.90 Å². The SMILES string of the molecule is CCCN(CCC)C1(CN)CCS(=O)(=O)c2ccccc21. The number of rotatable bonds is 6. The molecule has 0 bridgehead atoms. The largest absolute Gasteiger partial charge is 0.328 e. The summed E-state index contributed by atoms with van der Waals surface area (Å²) in [4.78, 5) is 2.86. The molecule has 0 aliphatic carbocycles. The molecule has 1 atom stereocenters. The van der Waals surface area contributed by atoms with E-state index in [1.54, 1.807) is 12.1 Å². The number of nitrogens with zero attached hydrogens (tertiary/aromatic N) is 1. The van der Waals surface area contributed by atoms with Gasteiger partial charge >= 0.3 is 0 Å². The van der Waals surface area contributed by atoms with Crippen LogP contribution in [0.3, 0.4) is 0 Å². The quantitative estimate of drug-likeness (QED) is 0.874. The predicted octanol–water partition coefficient (Wildman–Crippen LogP) is 2.14. The molecule has 0 saturated heterocycles. The highest BCUT2D eigenvalue weighted by atomic mass is 32.2. The minimum Gasteiger partial charge on any atom is -0.328 e. The summed E-state index contributed by atoms with van der Waals surface area (Å²) in [6.45, 7) is 6.65. The van der Waals surface area contributed by atoms with Gasteiger partial charge in [-0.05, 0) is 44.0 Å². The Balaban J connectivity index is 2.58. The first-order valence-corrected chi connectivity index (χ1v) is 9.44. The van der Waals surface area contributed by atoms with E-state index < -0.39 is 9.84 Å². The van der Waals surface area contributed by atoms with E-state index in [4.69, 9.17) is 5.73 Å². The van der Waals surface area contributed by atoms with Crippen LogP contribution in [0.1, 0.15) is 38.7 Å². The zero-order valence-electron chi connectivity index (χ0n) is 13.0. The predicted molar refractivity (Wildman–Crippen MR) is 86.0 cm³/mol. The summed E-state index contributed by atoms with van der Waals surface area (Å²) in [6, 6.07) is 7.38. The summed E-state index contributed by atoms with van der Waals surface area (Å²) in [5.74, 6) is 0.186. The molecular formula is C16H26N2O2S. The highest BCUT2D eigenvalue weighted by Gasteiger charge is 2.44. The molecule has 0 saturated carbocycles. The van der Waals surface area contributed by atoms with Crippen LogP contribution < -0.4 is 5.73 Å². The van der Waals surface area contributed by atoms with Gasteiger partial charge in [0.25, 0.3) is 0 Å². The molecule has 1 heterocycles. The summed E-state index contributed by atoms with van der Waals surface area (Å²) in [6.07, 6.45) is 2.66. The molecule has 0 fully saturated rings. The van der Waals surface area contributed by atoms with E-state index in [2.05, 4.69) is 18.7 Å². The second-order valence-electron chi connectivity index (χ2n) is 5.79. The van der Waals surface area contributed by atoms with Crippen LogP contribution >= 0.6 is 0 Å². The van der Waals surface area contributed by atoms with E-state index in [0.29, 0.717) is 17.9 Å². The van der Waals surface area contributed by atoms with Crippen LogP contribution in [0.5, 0.6) is 0 Å². The van der Waals surface area contributed by atoms with E-state index in [-0.39, 0.29) is 11.3 Å². The van der Waals surface area contributed by atoms with Gasteiger partial charge in [0.2, 0.25) is 0 Å². The lowest BCUT2D eigenvalue weighted by molar-refractivity contribution is 0.0827. The first kappa shape index (κ1) is 16.5. The number of sulfone groups is 1. The minimum absolute atomic E-state index is 0.186. The molecule has 2 rings (SSSR count). The normalized spacial score (nSPS) is 24.0. The standard InChI is InChI=1S/C16H26N2O2S/c1-3-10-18(11-4-2)16(13-17)9-12-21(19,20)15-8-6-5-7-14(15)16/h5-8H,3-4,9-13,17H2,1-2H3. The van der Waals surface area contributed by atoms with Crippen molar-refractivity contribution in [3.05, 3.63) is 29.8 Å². The first-order valence-electron chi connectivity index (χ1n) is 7.79. The van der Waals surface area contributed by atoms with Crippen LogP contribution in [0.25, 0.3) is 0 Å². The number of hydrogen-bond donors (Lipinski definition) is 1. The maximum atomic E-state index is 12.4. The van der Waals surface area contributed by atoms with Gasteiger partial charge in [0, 0.05) is 6.54 Å². The van der Waals surface area contributed by atoms with Gasteiger partial charge in [-0.1, -0.05) is 32.0 Å². The van der Waals surface area contributed by atoms with E-state index in [1.807, 2.05) is 12.1 Å². The molecule has 1 aliphatic heterocycles. The van der Waals surface area contributed by atoms with Gasteiger partial charge in [-0.15, -0.1) is 0 Å². The molecule has 118 valence electrons. The zero-order valence-corrected chi connectivity index (χ0v) is 13.8. The van der Waals surface area contributed by atoms with Crippen molar-refractivity contribution in [2.24, 2.45) is 5.73 Å². The molecule has 1 aliphatic rings. The van der Waals surface area contributed by atoms with Crippen LogP contribution in [0.4, 0.5) is 0 Å². The van der Waals surface area contributed by atoms with Crippen LogP contribution in [-0.2, 0) is 15.4 Å². The van der Waals surface area contributed by atoms with E-state index in [0.717, 1.165) is 31.5 Å². The number of fused-ring (bicyclic) bond motifs is 1. The Hall–Kier alpha value is -0.910. The Morgan fingerprint density at radius 1 is 1.19 bits per heavy atom. The van der Waals surface area contributed by atoms with Crippen LogP contribution in [0.2, 0.25) is 0 Å². The highest BCUT2D eigenvalue weighted by molar-refractivity contribution is 7.91. The minimum atomic E-state index is -3.17. The summed E-state index contributed by atoms with van der Waals surface area (Å²) in [5.41, 5.74) is 6.72. The van der Waals surface area contributed by atoms with Gasteiger partial charge in [-0.2, -0.15) is 0 Å². The van der Waals surface area contributed by atoms with Crippen LogP contribution in [0.15, 0.2) is 29.2 Å². The van der Waals surface area contributed by atoms with Crippen LogP contribution in [0, 0.1) is 0 Å². The highest BCUT2D eigenvalue weighted by Crippen LogP contribution is 2.40. The Morgan fingerprint density at radius 3 is 2.38 bits per heavy atom. The fraction of sp³-hybridized carbons (Fsp3) is 0.625. The number of nitrogens with two attached hydrogens (primary N) is 1. The second kappa shape index (κ2) is 6.46. The number of hydrogen-bond acceptors (Lipinski definition) is 4. The summed E-state index contributed by atoms with van der Waals surface area (Å²) < 4.78 is 24.7. The van der Waals surface area contributed by atoms with Crippen molar-refractivity contribution in [2.45, 2.75) is 43.5 Å². The molecule has 4 nitrogen and oxygen atoms in total. The zero-order chi connectivity index (χ0) is 15.5. The third kappa shape index (κ3) is 2.87. The molecule has 0 radical (unpaired) electrons. The van der Waals surface area contributed by atoms with E-state index in [1.165, 1.54) is 0 Å². The fourth-order valence-electron chi connectivity index (χ4n) is 3.42. The Bertz CT molecular complexity index is 580. The van der Waals surface area contributed by atoms with E-state index in [9.17, 15) is 8.42 Å². The molecule has 1 aromatic rings. The topological polar surface area (TPSA) is 63.4 Å². The lowest BCUT2D eigenvalue weighted by atomic mass is 9.84. The van der Waals surface area contributed by atoms with Crippen molar-refractivity contribution in [3.63, 3.8) is 0 Å². The summed E-state index contributed by atoms with van der Waals surface area (Å²) >= 11 is 0. The molecule has 1 unspecified atom stereocenters. The average Bonchev–Trinajstić information content (AvgIpc) is 2.48. The fourth-order valence-corrected chi connectivity index (χ4v) is 5.12. The molecular weight excluding hydrogens is 284 g/mol. The van der Waals surface area contributed by atoms with Crippen molar-refractivity contribution >= 4 is 9.84 Å². The average molecular weight is 310 g/mol. The van der Waals surface area contributed by atoms with Crippen molar-refractivity contribution in [1.82, 2.24) is 4.90 Å². The third-order valence-corrected chi connectivity index (χ3v) is 6.21. The van der Waals surface area contributed by atoms with Crippen molar-refractivity contribution in [3.8, 4) is 0 Å². The van der Waals surface area contributed by atoms with Crippen molar-refractivity contribution in [1.29, 1.82) is 0 Å². The lowest BCUT2D eigenvalue weighted by Gasteiger charge is -2.46. The molecule has 0 amide bonds. The van der Waals surface area contributed by atoms with Gasteiger partial charge in [0.05, 0.1) is 16.2 Å². The van der Waals surface area contributed by atoms with Gasteiger partial charge in [0.15, 0.2) is 9.84 Å². The molecule has 21 heavy (non-hydrogen) atoms. The van der Waals surface area contributed by atoms with Crippen LogP contribution in [-0.4, -0.2) is 38.7 Å². The van der Waals surface area contributed by atoms with Crippen molar-refractivity contribution in [2.75, 3.05) is 25.4 Å². The van der Waals surface area contributed by atoms with Gasteiger partial charge in [-0.25, -0.2) is 8.42 Å². The Kier molecular flexibility index (Phi) is 5.07. The molecule has 0 aromatic heterocycles. The maximum absolute atomic E-state index is 12.4. The first-order chi connectivity index (χ1) is 10.0. The maximum Gasteiger partial charge on any atom is 0.178 e. The molecule has 1 aromatic carbocycles. The van der Waals surface area contributed by atoms with Gasteiger partial charge < -0.3 is 5.73 Å². The Labute approximate surface area is 128 Å². The number of benzene rings is 1. The smallest absolute Gasteiger partial charge is 0.178 e.